The number of aliphatic hydroxyl groups is 3. The van der Waals surface area contributed by atoms with Crippen molar-refractivity contribution in [2.45, 2.75) is 138 Å². The average Bonchev–Trinajstić information content (AvgIpc) is 3.46. The van der Waals surface area contributed by atoms with E-state index in [-0.39, 0.29) is 17.6 Å². The van der Waals surface area contributed by atoms with Crippen molar-refractivity contribution in [2.75, 3.05) is 0 Å². The fraction of sp³-hybridized carbons (Fsp3) is 0.750. The Bertz CT molecular complexity index is 1400. The molecule has 8 rings (SSSR count). The Morgan fingerprint density at radius 1 is 1.00 bits per heavy atom. The molecule has 40 heavy (non-hydrogen) atoms. The van der Waals surface area contributed by atoms with Gasteiger partial charge in [0.25, 0.3) is 0 Å². The van der Waals surface area contributed by atoms with E-state index in [9.17, 15) is 15.3 Å². The number of nitrogens with one attached hydrogen (secondary N) is 1. The van der Waals surface area contributed by atoms with E-state index in [2.05, 4.69) is 43.1 Å². The van der Waals surface area contributed by atoms with Gasteiger partial charge in [-0.25, -0.2) is 0 Å². The molecular formula is C32H43NO7. The quantitative estimate of drug-likeness (QED) is 0.421. The summed E-state index contributed by atoms with van der Waals surface area (Å²) in [5.74, 6) is 0.440. The molecule has 3 saturated heterocycles. The van der Waals surface area contributed by atoms with Crippen molar-refractivity contribution >= 4 is 10.9 Å². The fourth-order valence-electron chi connectivity index (χ4n) is 10.1. The number of ether oxygens (including phenoxy) is 4. The zero-order valence-corrected chi connectivity index (χ0v) is 24.4. The number of benzene rings is 1. The molecule has 8 nitrogen and oxygen atoms in total. The highest BCUT2D eigenvalue weighted by molar-refractivity contribution is 5.86. The van der Waals surface area contributed by atoms with Gasteiger partial charge in [-0.3, -0.25) is 0 Å². The number of H-pyrrole nitrogens is 1. The molecule has 4 heterocycles. The number of para-hydroxylation sites is 1. The molecule has 2 saturated carbocycles. The summed E-state index contributed by atoms with van der Waals surface area (Å²) in [6.07, 6.45) is 0.272. The van der Waals surface area contributed by atoms with Crippen LogP contribution in [0.15, 0.2) is 24.3 Å². The van der Waals surface area contributed by atoms with Crippen LogP contribution in [0.25, 0.3) is 10.9 Å². The van der Waals surface area contributed by atoms with Gasteiger partial charge in [0.2, 0.25) is 0 Å². The summed E-state index contributed by atoms with van der Waals surface area (Å²) in [6, 6.07) is 8.55. The lowest BCUT2D eigenvalue weighted by molar-refractivity contribution is -0.375. The summed E-state index contributed by atoms with van der Waals surface area (Å²) in [5.41, 5.74) is -1.08. The molecule has 5 fully saturated rings. The number of fused-ring (bicyclic) bond motifs is 9. The van der Waals surface area contributed by atoms with Crippen molar-refractivity contribution in [2.24, 2.45) is 11.3 Å². The third kappa shape index (κ3) is 2.78. The van der Waals surface area contributed by atoms with E-state index in [0.29, 0.717) is 12.3 Å². The zero-order valence-electron chi connectivity index (χ0n) is 24.4. The van der Waals surface area contributed by atoms with Gasteiger partial charge in [-0.05, 0) is 77.3 Å². The minimum atomic E-state index is -1.41. The first kappa shape index (κ1) is 26.1. The number of aromatic nitrogens is 1. The monoisotopic (exact) mass is 553 g/mol. The Kier molecular flexibility index (Phi) is 4.91. The lowest BCUT2D eigenvalue weighted by Crippen LogP contribution is -2.78. The normalized spacial score (nSPS) is 49.2. The van der Waals surface area contributed by atoms with Crippen LogP contribution >= 0.6 is 0 Å². The number of aromatic amines is 1. The van der Waals surface area contributed by atoms with E-state index in [1.807, 2.05) is 13.8 Å². The molecule has 218 valence electrons. The Balaban J connectivity index is 1.20. The smallest absolute Gasteiger partial charge is 0.187 e. The topological polar surface area (TPSA) is 117 Å². The number of hydrogen-bond donors (Lipinski definition) is 4. The second-order valence-corrected chi connectivity index (χ2v) is 15.1. The maximum absolute atomic E-state index is 13.1. The summed E-state index contributed by atoms with van der Waals surface area (Å²) in [6.45, 7) is 11.6. The molecule has 2 aromatic rings. The van der Waals surface area contributed by atoms with Crippen molar-refractivity contribution < 1.29 is 34.3 Å². The number of aliphatic hydroxyl groups excluding tert-OH is 1. The predicted octanol–water partition coefficient (Wildman–Crippen LogP) is 3.48. The summed E-state index contributed by atoms with van der Waals surface area (Å²) in [5, 5.41) is 35.8. The second-order valence-electron chi connectivity index (χ2n) is 15.1. The van der Waals surface area contributed by atoms with Gasteiger partial charge >= 0.3 is 0 Å². The lowest BCUT2D eigenvalue weighted by Gasteiger charge is -2.66. The van der Waals surface area contributed by atoms with Crippen LogP contribution in [0.5, 0.6) is 0 Å². The van der Waals surface area contributed by atoms with Gasteiger partial charge in [0.15, 0.2) is 11.9 Å². The van der Waals surface area contributed by atoms with Crippen LogP contribution in [0.3, 0.4) is 0 Å². The van der Waals surface area contributed by atoms with E-state index in [1.165, 1.54) is 16.6 Å². The van der Waals surface area contributed by atoms with Crippen LogP contribution in [0.2, 0.25) is 0 Å². The molecule has 3 aliphatic heterocycles. The van der Waals surface area contributed by atoms with Crippen molar-refractivity contribution in [3.05, 3.63) is 35.5 Å². The van der Waals surface area contributed by atoms with Gasteiger partial charge in [-0.2, -0.15) is 0 Å². The lowest BCUT2D eigenvalue weighted by atomic mass is 9.40. The first-order valence-corrected chi connectivity index (χ1v) is 15.1. The van der Waals surface area contributed by atoms with E-state index in [0.717, 1.165) is 31.2 Å². The molecule has 1 aromatic carbocycles. The van der Waals surface area contributed by atoms with Crippen LogP contribution in [-0.2, 0) is 30.8 Å². The standard InChI is InChI=1S/C32H43NO7/c1-27(2,35)23(34)26-38-21-24(28(3,4)40-26)37-20-12-13-29(5)30(6)16(11-14-31(29,36)32(20)25(21)39-32)15-18-17-9-7-8-10-19(17)33-22(18)30/h7-10,16,20-21,23-26,33-36H,11-15H2,1-6H3/t16-,20-,21+,23+,24-,25+,26-,29+,30+,31-,32-/m0/s1. The van der Waals surface area contributed by atoms with Crippen LogP contribution in [0.1, 0.15) is 78.5 Å². The minimum Gasteiger partial charge on any atom is -0.388 e. The maximum Gasteiger partial charge on any atom is 0.187 e. The molecule has 8 heteroatoms. The largest absolute Gasteiger partial charge is 0.388 e. The van der Waals surface area contributed by atoms with E-state index in [1.54, 1.807) is 13.8 Å². The SMILES string of the molecule is CC(C)(O)[C@H](O)[C@H]1O[C@H]2[C@H]3O[C@@]34[C@H](CC[C@@]3(C)[C@@]4(O)CC[C@H]4Cc5c([nH]c6ccccc56)[C@@]43C)O[C@@H]2C(C)(C)O1. The Hall–Kier alpha value is -1.52. The Labute approximate surface area is 235 Å². The van der Waals surface area contributed by atoms with Gasteiger partial charge in [0.1, 0.15) is 30.0 Å². The van der Waals surface area contributed by atoms with Crippen molar-refractivity contribution in [3.63, 3.8) is 0 Å². The fourth-order valence-corrected chi connectivity index (χ4v) is 10.1. The molecule has 6 aliphatic rings. The molecule has 11 atom stereocenters. The molecule has 0 bridgehead atoms. The summed E-state index contributed by atoms with van der Waals surface area (Å²) in [4.78, 5) is 3.80. The minimum absolute atomic E-state index is 0.253. The van der Waals surface area contributed by atoms with Crippen LogP contribution in [0, 0.1) is 11.3 Å². The molecule has 0 amide bonds. The van der Waals surface area contributed by atoms with Crippen molar-refractivity contribution in [1.82, 2.24) is 4.98 Å². The van der Waals surface area contributed by atoms with Crippen LogP contribution in [-0.4, -0.2) is 79.5 Å². The highest BCUT2D eigenvalue weighted by atomic mass is 16.8. The third-order valence-corrected chi connectivity index (χ3v) is 12.5. The summed E-state index contributed by atoms with van der Waals surface area (Å²) in [7, 11) is 0. The summed E-state index contributed by atoms with van der Waals surface area (Å²) < 4.78 is 26.1. The van der Waals surface area contributed by atoms with Gasteiger partial charge < -0.3 is 39.3 Å². The van der Waals surface area contributed by atoms with Crippen molar-refractivity contribution in [1.29, 1.82) is 0 Å². The molecule has 0 radical (unpaired) electrons. The third-order valence-electron chi connectivity index (χ3n) is 12.5. The van der Waals surface area contributed by atoms with Gasteiger partial charge in [0, 0.05) is 27.4 Å². The van der Waals surface area contributed by atoms with Crippen LogP contribution < -0.4 is 0 Å². The number of hydrogen-bond acceptors (Lipinski definition) is 7. The van der Waals surface area contributed by atoms with Crippen molar-refractivity contribution in [3.8, 4) is 0 Å². The van der Waals surface area contributed by atoms with Gasteiger partial charge in [0.05, 0.1) is 17.3 Å². The molecule has 1 spiro atoms. The van der Waals surface area contributed by atoms with Gasteiger partial charge in [-0.1, -0.05) is 32.0 Å². The van der Waals surface area contributed by atoms with E-state index < -0.39 is 52.4 Å². The molecular weight excluding hydrogens is 510 g/mol. The maximum atomic E-state index is 13.1. The van der Waals surface area contributed by atoms with Crippen LogP contribution in [0.4, 0.5) is 0 Å². The first-order chi connectivity index (χ1) is 18.7. The predicted molar refractivity (Wildman–Crippen MR) is 147 cm³/mol. The Morgan fingerprint density at radius 2 is 1.75 bits per heavy atom. The second kappa shape index (κ2) is 7.51. The molecule has 3 aliphatic carbocycles. The first-order valence-electron chi connectivity index (χ1n) is 15.1. The molecule has 1 aromatic heterocycles. The zero-order chi connectivity index (χ0) is 28.3. The molecule has 4 N–H and O–H groups in total. The highest BCUT2D eigenvalue weighted by Crippen LogP contribution is 2.75. The number of epoxide rings is 1. The van der Waals surface area contributed by atoms with Gasteiger partial charge in [-0.15, -0.1) is 0 Å². The molecule has 0 unspecified atom stereocenters. The Morgan fingerprint density at radius 3 is 2.50 bits per heavy atom. The van der Waals surface area contributed by atoms with E-state index >= 15 is 0 Å². The number of rotatable bonds is 2. The average molecular weight is 554 g/mol. The summed E-state index contributed by atoms with van der Waals surface area (Å²) >= 11 is 0. The van der Waals surface area contributed by atoms with E-state index in [4.69, 9.17) is 18.9 Å². The highest BCUT2D eigenvalue weighted by Gasteiger charge is 2.87.